The molecule has 3 heterocycles. The van der Waals surface area contributed by atoms with Crippen molar-refractivity contribution in [3.63, 3.8) is 0 Å². The quantitative estimate of drug-likeness (QED) is 0.0701. The van der Waals surface area contributed by atoms with Gasteiger partial charge in [-0.2, -0.15) is 5.26 Å². The lowest BCUT2D eigenvalue weighted by Gasteiger charge is -2.47. The molecule has 2 aliphatic rings. The molecule has 1 unspecified atom stereocenters. The molecule has 2 aromatic carbocycles. The fraction of sp³-hybridized carbons (Fsp3) is 0.528. The van der Waals surface area contributed by atoms with Crippen LogP contribution >= 0.6 is 11.6 Å². The SMILES string of the molecule is Cn1cnnc1C1(c2ccc(-c3ccc4ccn(COCC[Si](C)(C)C)c4c3)c(CN3C[C@@](C)(Cl)CCC3F)c2)CC(CC#N)C1. The van der Waals surface area contributed by atoms with Gasteiger partial charge in [-0.05, 0) is 84.3 Å². The third kappa shape index (κ3) is 6.82. The van der Waals surface area contributed by atoms with Gasteiger partial charge in [0.1, 0.15) is 18.9 Å². The third-order valence-electron chi connectivity index (χ3n) is 9.97. The number of piperidine rings is 1. The average Bonchev–Trinajstić information content (AvgIpc) is 3.60. The minimum Gasteiger partial charge on any atom is -0.361 e. The Balaban J connectivity index is 1.39. The van der Waals surface area contributed by atoms with Gasteiger partial charge in [0.2, 0.25) is 0 Å². The number of hydrogen-bond acceptors (Lipinski definition) is 5. The highest BCUT2D eigenvalue weighted by molar-refractivity contribution is 6.76. The van der Waals surface area contributed by atoms with Gasteiger partial charge in [0.15, 0.2) is 6.30 Å². The highest BCUT2D eigenvalue weighted by Crippen LogP contribution is 2.53. The van der Waals surface area contributed by atoms with Crippen LogP contribution in [0.2, 0.25) is 25.7 Å². The van der Waals surface area contributed by atoms with Crippen LogP contribution in [0.5, 0.6) is 0 Å². The van der Waals surface area contributed by atoms with Gasteiger partial charge in [0, 0.05) is 47.4 Å². The van der Waals surface area contributed by atoms with E-state index in [1.54, 1.807) is 6.33 Å². The fourth-order valence-electron chi connectivity index (χ4n) is 7.35. The van der Waals surface area contributed by atoms with E-state index in [1.165, 1.54) is 0 Å². The predicted octanol–water partition coefficient (Wildman–Crippen LogP) is 8.25. The zero-order chi connectivity index (χ0) is 32.7. The van der Waals surface area contributed by atoms with Crippen molar-refractivity contribution in [2.45, 2.75) is 94.6 Å². The molecule has 2 atom stereocenters. The number of aryl methyl sites for hydroxylation is 1. The van der Waals surface area contributed by atoms with Crippen LogP contribution in [0, 0.1) is 17.2 Å². The number of ether oxygens (including phenoxy) is 1. The van der Waals surface area contributed by atoms with Crippen LogP contribution in [0.4, 0.5) is 4.39 Å². The number of fused-ring (bicyclic) bond motifs is 1. The summed E-state index contributed by atoms with van der Waals surface area (Å²) in [5.74, 6) is 1.21. The largest absolute Gasteiger partial charge is 0.361 e. The second-order valence-electron chi connectivity index (χ2n) is 15.1. The Morgan fingerprint density at radius 2 is 1.96 bits per heavy atom. The van der Waals surface area contributed by atoms with Crippen LogP contribution < -0.4 is 0 Å². The van der Waals surface area contributed by atoms with Crippen molar-refractivity contribution in [3.05, 3.63) is 71.9 Å². The summed E-state index contributed by atoms with van der Waals surface area (Å²) in [5, 5.41) is 19.3. The van der Waals surface area contributed by atoms with E-state index in [2.05, 4.69) is 89.1 Å². The van der Waals surface area contributed by atoms with Gasteiger partial charge in [0.05, 0.1) is 21.9 Å². The zero-order valence-electron chi connectivity index (χ0n) is 27.8. The molecule has 46 heavy (non-hydrogen) atoms. The fourth-order valence-corrected chi connectivity index (χ4v) is 8.37. The second-order valence-corrected chi connectivity index (χ2v) is 21.6. The molecular formula is C36H46ClFN6OSi. The topological polar surface area (TPSA) is 71.9 Å². The smallest absolute Gasteiger partial charge is 0.154 e. The highest BCUT2D eigenvalue weighted by Gasteiger charge is 2.50. The number of nitrogens with zero attached hydrogens (tertiary/aromatic N) is 6. The minimum atomic E-state index is -1.17. The normalized spacial score (nSPS) is 25.4. The standard InChI is InChI=1S/C36H46ClFN6OSi/c1-35(37)13-10-33(38)44(23-35)22-29-18-30(36(20-26(21-36)11-14-39)34-41-40-24-42(34)2)8-9-31(29)28-7-6-27-12-15-43(32(27)19-28)25-45-16-17-46(3,4)5/h6-9,12,15,18-19,24,26,33H,10-11,13,16-17,20-23,25H2,1-5H3/t26?,33?,35-,36?/m0/s1. The lowest BCUT2D eigenvalue weighted by atomic mass is 9.57. The molecule has 2 aromatic heterocycles. The van der Waals surface area contributed by atoms with Crippen LogP contribution in [0.25, 0.3) is 22.0 Å². The summed E-state index contributed by atoms with van der Waals surface area (Å²) >= 11 is 6.80. The third-order valence-corrected chi connectivity index (χ3v) is 12.0. The number of benzene rings is 2. The van der Waals surface area contributed by atoms with E-state index in [-0.39, 0.29) is 5.41 Å². The molecule has 0 N–H and O–H groups in total. The van der Waals surface area contributed by atoms with Crippen molar-refractivity contribution < 1.29 is 9.13 Å². The van der Waals surface area contributed by atoms with E-state index in [0.717, 1.165) is 64.5 Å². The summed E-state index contributed by atoms with van der Waals surface area (Å²) in [6.07, 6.45) is 6.05. The maximum atomic E-state index is 15.5. The lowest BCUT2D eigenvalue weighted by Crippen LogP contribution is -2.46. The van der Waals surface area contributed by atoms with E-state index in [0.29, 0.717) is 45.0 Å². The van der Waals surface area contributed by atoms with E-state index in [1.807, 2.05) is 23.4 Å². The van der Waals surface area contributed by atoms with E-state index >= 15 is 4.39 Å². The molecular weight excluding hydrogens is 615 g/mol. The monoisotopic (exact) mass is 660 g/mol. The Kier molecular flexibility index (Phi) is 9.20. The summed E-state index contributed by atoms with van der Waals surface area (Å²) < 4.78 is 25.7. The van der Waals surface area contributed by atoms with Crippen molar-refractivity contribution >= 4 is 30.6 Å². The number of halogens is 2. The first-order chi connectivity index (χ1) is 21.9. The molecule has 7 nitrogen and oxygen atoms in total. The Hall–Kier alpha value is -3.03. The molecule has 6 rings (SSSR count). The van der Waals surface area contributed by atoms with Crippen molar-refractivity contribution in [3.8, 4) is 17.2 Å². The van der Waals surface area contributed by atoms with Crippen molar-refractivity contribution in [1.29, 1.82) is 5.26 Å². The van der Waals surface area contributed by atoms with Crippen LogP contribution in [0.15, 0.2) is 55.0 Å². The summed E-state index contributed by atoms with van der Waals surface area (Å²) in [7, 11) is 0.811. The number of nitriles is 1. The summed E-state index contributed by atoms with van der Waals surface area (Å²) in [6.45, 7) is 11.3. The molecule has 244 valence electrons. The molecule has 0 spiro atoms. The van der Waals surface area contributed by atoms with Gasteiger partial charge < -0.3 is 13.9 Å². The van der Waals surface area contributed by atoms with Crippen LogP contribution in [-0.4, -0.2) is 56.6 Å². The Morgan fingerprint density at radius 3 is 2.67 bits per heavy atom. The van der Waals surface area contributed by atoms with Gasteiger partial charge in [-0.25, -0.2) is 4.39 Å². The van der Waals surface area contributed by atoms with E-state index in [9.17, 15) is 5.26 Å². The van der Waals surface area contributed by atoms with E-state index in [4.69, 9.17) is 16.3 Å². The van der Waals surface area contributed by atoms with Crippen LogP contribution in [-0.2, 0) is 30.5 Å². The summed E-state index contributed by atoms with van der Waals surface area (Å²) in [5.41, 5.74) is 5.13. The molecule has 0 amide bonds. The molecule has 1 saturated heterocycles. The number of likely N-dealkylation sites (tertiary alicyclic amines) is 1. The van der Waals surface area contributed by atoms with Crippen LogP contribution in [0.3, 0.4) is 0 Å². The molecule has 0 radical (unpaired) electrons. The van der Waals surface area contributed by atoms with Gasteiger partial charge in [-0.15, -0.1) is 21.8 Å². The summed E-state index contributed by atoms with van der Waals surface area (Å²) in [6, 6.07) is 18.8. The molecule has 1 aliphatic heterocycles. The first-order valence-electron chi connectivity index (χ1n) is 16.5. The molecule has 4 aromatic rings. The van der Waals surface area contributed by atoms with Crippen molar-refractivity contribution in [2.75, 3.05) is 13.2 Å². The minimum absolute atomic E-state index is 0.308. The predicted molar refractivity (Wildman–Crippen MR) is 185 cm³/mol. The Bertz CT molecular complexity index is 1730. The number of alkyl halides is 2. The number of aromatic nitrogens is 4. The molecule has 10 heteroatoms. The zero-order valence-corrected chi connectivity index (χ0v) is 29.5. The molecule has 1 saturated carbocycles. The number of rotatable bonds is 11. The first-order valence-corrected chi connectivity index (χ1v) is 20.5. The summed E-state index contributed by atoms with van der Waals surface area (Å²) in [4.78, 5) is 1.43. The first kappa shape index (κ1) is 32.9. The van der Waals surface area contributed by atoms with Crippen molar-refractivity contribution in [2.24, 2.45) is 13.0 Å². The highest BCUT2D eigenvalue weighted by atomic mass is 35.5. The van der Waals surface area contributed by atoms with Gasteiger partial charge >= 0.3 is 0 Å². The Labute approximate surface area is 278 Å². The van der Waals surface area contributed by atoms with Crippen LogP contribution in [0.1, 0.15) is 56.0 Å². The van der Waals surface area contributed by atoms with Gasteiger partial charge in [0.25, 0.3) is 0 Å². The molecule has 2 fully saturated rings. The average molecular weight is 661 g/mol. The van der Waals surface area contributed by atoms with Crippen molar-refractivity contribution in [1.82, 2.24) is 24.2 Å². The van der Waals surface area contributed by atoms with E-state index < -0.39 is 19.2 Å². The van der Waals surface area contributed by atoms with Gasteiger partial charge in [-0.3, -0.25) is 4.90 Å². The number of hydrogen-bond donors (Lipinski definition) is 0. The Morgan fingerprint density at radius 1 is 1.15 bits per heavy atom. The van der Waals surface area contributed by atoms with Gasteiger partial charge in [-0.1, -0.05) is 50.0 Å². The maximum absolute atomic E-state index is 15.5. The molecule has 0 bridgehead atoms. The maximum Gasteiger partial charge on any atom is 0.154 e. The lowest BCUT2D eigenvalue weighted by molar-refractivity contribution is 0.0255. The second kappa shape index (κ2) is 12.9. The molecule has 1 aliphatic carbocycles.